The van der Waals surface area contributed by atoms with Crippen LogP contribution in [0.1, 0.15) is 25.0 Å². The second-order valence-electron chi connectivity index (χ2n) is 6.25. The topological polar surface area (TPSA) is 50.4 Å². The second kappa shape index (κ2) is 9.61. The zero-order valence-electron chi connectivity index (χ0n) is 14.1. The molecule has 0 fully saturated rings. The molecule has 3 N–H and O–H groups in total. The summed E-state index contributed by atoms with van der Waals surface area (Å²) >= 11 is 0. The van der Waals surface area contributed by atoms with Crippen molar-refractivity contribution in [3.8, 4) is 0 Å². The maximum absolute atomic E-state index is 13.0. The number of halogens is 2. The van der Waals surface area contributed by atoms with Gasteiger partial charge in [0.25, 0.3) is 0 Å². The van der Waals surface area contributed by atoms with Crippen molar-refractivity contribution in [2.45, 2.75) is 25.7 Å². The number of nitrogens with one attached hydrogen (secondary N) is 1. The molecular formula is C19H25FIN3. The highest BCUT2D eigenvalue weighted by molar-refractivity contribution is 14.0. The third-order valence-corrected chi connectivity index (χ3v) is 3.83. The number of guanidine groups is 1. The van der Waals surface area contributed by atoms with Gasteiger partial charge >= 0.3 is 0 Å². The maximum Gasteiger partial charge on any atom is 0.188 e. The van der Waals surface area contributed by atoms with E-state index in [0.29, 0.717) is 12.5 Å². The minimum atomic E-state index is -0.227. The molecule has 0 aromatic heterocycles. The molecule has 2 rings (SSSR count). The van der Waals surface area contributed by atoms with Crippen LogP contribution in [-0.2, 0) is 11.8 Å². The summed E-state index contributed by atoms with van der Waals surface area (Å²) in [7, 11) is 0. The first-order valence-corrected chi connectivity index (χ1v) is 7.81. The molecule has 130 valence electrons. The minimum Gasteiger partial charge on any atom is -0.370 e. The van der Waals surface area contributed by atoms with Crippen LogP contribution in [0.3, 0.4) is 0 Å². The number of hydrogen-bond acceptors (Lipinski definition) is 1. The van der Waals surface area contributed by atoms with Crippen molar-refractivity contribution in [3.05, 3.63) is 71.5 Å². The monoisotopic (exact) mass is 441 g/mol. The molecule has 0 unspecified atom stereocenters. The van der Waals surface area contributed by atoms with Gasteiger partial charge in [-0.25, -0.2) is 4.39 Å². The molecule has 0 aliphatic rings. The van der Waals surface area contributed by atoms with Crippen LogP contribution in [0, 0.1) is 5.82 Å². The lowest BCUT2D eigenvalue weighted by molar-refractivity contribution is 0.536. The predicted octanol–water partition coefficient (Wildman–Crippen LogP) is 3.87. The van der Waals surface area contributed by atoms with Gasteiger partial charge in [-0.2, -0.15) is 0 Å². The molecule has 0 amide bonds. The van der Waals surface area contributed by atoms with Crippen molar-refractivity contribution >= 4 is 29.9 Å². The summed E-state index contributed by atoms with van der Waals surface area (Å²) in [6, 6.07) is 16.8. The van der Waals surface area contributed by atoms with Crippen molar-refractivity contribution in [1.29, 1.82) is 0 Å². The Bertz CT molecular complexity index is 639. The van der Waals surface area contributed by atoms with Crippen LogP contribution in [0.25, 0.3) is 0 Å². The highest BCUT2D eigenvalue weighted by Crippen LogP contribution is 2.23. The number of benzene rings is 2. The van der Waals surface area contributed by atoms with Gasteiger partial charge in [0, 0.05) is 12.0 Å². The minimum absolute atomic E-state index is 0. The Morgan fingerprint density at radius 2 is 1.71 bits per heavy atom. The van der Waals surface area contributed by atoms with Crippen LogP contribution in [0.2, 0.25) is 0 Å². The van der Waals surface area contributed by atoms with Crippen molar-refractivity contribution in [2.24, 2.45) is 10.7 Å². The summed E-state index contributed by atoms with van der Waals surface area (Å²) in [5.41, 5.74) is 8.04. The van der Waals surface area contributed by atoms with Gasteiger partial charge in [0.2, 0.25) is 0 Å². The quantitative estimate of drug-likeness (QED) is 0.406. The average molecular weight is 441 g/mol. The van der Waals surface area contributed by atoms with E-state index in [1.54, 1.807) is 12.1 Å². The lowest BCUT2D eigenvalue weighted by atomic mass is 9.85. The lowest BCUT2D eigenvalue weighted by Crippen LogP contribution is -2.35. The van der Waals surface area contributed by atoms with Gasteiger partial charge in [-0.05, 0) is 29.7 Å². The second-order valence-corrected chi connectivity index (χ2v) is 6.25. The molecule has 0 spiro atoms. The first-order valence-electron chi connectivity index (χ1n) is 7.81. The molecule has 0 saturated carbocycles. The number of nitrogens with two attached hydrogens (primary N) is 1. The normalized spacial score (nSPS) is 11.7. The summed E-state index contributed by atoms with van der Waals surface area (Å²) in [5, 5.41) is 3.13. The van der Waals surface area contributed by atoms with E-state index in [-0.39, 0.29) is 35.2 Å². The van der Waals surface area contributed by atoms with Gasteiger partial charge in [0.1, 0.15) is 5.82 Å². The van der Waals surface area contributed by atoms with Crippen molar-refractivity contribution in [2.75, 3.05) is 13.1 Å². The SMILES string of the molecule is CC(C)(CN=C(N)NCCc1ccccc1)c1ccc(F)cc1.I. The molecule has 5 heteroatoms. The van der Waals surface area contributed by atoms with E-state index in [0.717, 1.165) is 18.5 Å². The highest BCUT2D eigenvalue weighted by Gasteiger charge is 2.20. The van der Waals surface area contributed by atoms with Gasteiger partial charge in [-0.3, -0.25) is 4.99 Å². The molecule has 0 aliphatic carbocycles. The zero-order valence-corrected chi connectivity index (χ0v) is 16.5. The van der Waals surface area contributed by atoms with Gasteiger partial charge in [0.15, 0.2) is 5.96 Å². The fourth-order valence-corrected chi connectivity index (χ4v) is 2.31. The van der Waals surface area contributed by atoms with Crippen LogP contribution >= 0.6 is 24.0 Å². The van der Waals surface area contributed by atoms with E-state index in [9.17, 15) is 4.39 Å². The average Bonchev–Trinajstić information content (AvgIpc) is 2.54. The molecule has 2 aromatic carbocycles. The molecule has 24 heavy (non-hydrogen) atoms. The number of hydrogen-bond donors (Lipinski definition) is 2. The van der Waals surface area contributed by atoms with E-state index in [1.165, 1.54) is 17.7 Å². The summed E-state index contributed by atoms with van der Waals surface area (Å²) < 4.78 is 13.0. The van der Waals surface area contributed by atoms with E-state index in [2.05, 4.69) is 36.3 Å². The molecule has 0 heterocycles. The first kappa shape index (κ1) is 20.4. The van der Waals surface area contributed by atoms with Gasteiger partial charge in [-0.1, -0.05) is 56.3 Å². The predicted molar refractivity (Wildman–Crippen MR) is 109 cm³/mol. The molecule has 0 bridgehead atoms. The van der Waals surface area contributed by atoms with Gasteiger partial charge in [0.05, 0.1) is 6.54 Å². The number of aliphatic imine (C=N–C) groups is 1. The summed E-state index contributed by atoms with van der Waals surface area (Å²) in [5.74, 6) is 0.214. The fourth-order valence-electron chi connectivity index (χ4n) is 2.31. The molecule has 2 aromatic rings. The van der Waals surface area contributed by atoms with Gasteiger partial charge in [-0.15, -0.1) is 24.0 Å². The highest BCUT2D eigenvalue weighted by atomic mass is 127. The number of rotatable bonds is 6. The molecule has 0 saturated heterocycles. The van der Waals surface area contributed by atoms with E-state index >= 15 is 0 Å². The standard InChI is InChI=1S/C19H24FN3.HI/c1-19(2,16-8-10-17(20)11-9-16)14-23-18(21)22-13-12-15-6-4-3-5-7-15;/h3-11H,12-14H2,1-2H3,(H3,21,22,23);1H. The smallest absolute Gasteiger partial charge is 0.188 e. The van der Waals surface area contributed by atoms with Crippen LogP contribution < -0.4 is 11.1 Å². The van der Waals surface area contributed by atoms with Crippen molar-refractivity contribution in [1.82, 2.24) is 5.32 Å². The summed E-state index contributed by atoms with van der Waals surface area (Å²) in [6.07, 6.45) is 0.901. The Labute approximate surface area is 160 Å². The largest absolute Gasteiger partial charge is 0.370 e. The Hall–Kier alpha value is -1.63. The third kappa shape index (κ3) is 6.47. The zero-order chi connectivity index (χ0) is 16.7. The van der Waals surface area contributed by atoms with Crippen molar-refractivity contribution in [3.63, 3.8) is 0 Å². The van der Waals surface area contributed by atoms with E-state index in [4.69, 9.17) is 5.73 Å². The number of nitrogens with zero attached hydrogens (tertiary/aromatic N) is 1. The van der Waals surface area contributed by atoms with E-state index in [1.807, 2.05) is 18.2 Å². The molecule has 0 atom stereocenters. The van der Waals surface area contributed by atoms with Gasteiger partial charge < -0.3 is 11.1 Å². The molecular weight excluding hydrogens is 416 g/mol. The van der Waals surface area contributed by atoms with Crippen LogP contribution in [0.5, 0.6) is 0 Å². The fraction of sp³-hybridized carbons (Fsp3) is 0.316. The molecule has 3 nitrogen and oxygen atoms in total. The van der Waals surface area contributed by atoms with E-state index < -0.39 is 0 Å². The van der Waals surface area contributed by atoms with Crippen LogP contribution in [-0.4, -0.2) is 19.0 Å². The Balaban J connectivity index is 0.00000288. The lowest BCUT2D eigenvalue weighted by Gasteiger charge is -2.23. The molecule has 0 aliphatic heterocycles. The van der Waals surface area contributed by atoms with Crippen molar-refractivity contribution < 1.29 is 4.39 Å². The van der Waals surface area contributed by atoms with Crippen LogP contribution in [0.4, 0.5) is 4.39 Å². The maximum atomic E-state index is 13.0. The summed E-state index contributed by atoms with van der Waals surface area (Å²) in [4.78, 5) is 4.42. The Kier molecular flexibility index (Phi) is 8.18. The Morgan fingerprint density at radius 3 is 2.33 bits per heavy atom. The molecule has 0 radical (unpaired) electrons. The summed E-state index contributed by atoms with van der Waals surface area (Å²) in [6.45, 7) is 5.43. The Morgan fingerprint density at radius 1 is 1.08 bits per heavy atom. The van der Waals surface area contributed by atoms with Crippen LogP contribution in [0.15, 0.2) is 59.6 Å². The third-order valence-electron chi connectivity index (χ3n) is 3.83. The first-order chi connectivity index (χ1) is 11.0.